The van der Waals surface area contributed by atoms with Crippen LogP contribution in [0.3, 0.4) is 0 Å². The van der Waals surface area contributed by atoms with Crippen molar-refractivity contribution in [1.82, 2.24) is 0 Å². The lowest BCUT2D eigenvalue weighted by Gasteiger charge is -2.15. The van der Waals surface area contributed by atoms with Gasteiger partial charge >= 0.3 is 0 Å². The molecule has 4 nitrogen and oxygen atoms in total. The zero-order chi connectivity index (χ0) is 14.4. The Morgan fingerprint density at radius 1 is 1.20 bits per heavy atom. The van der Waals surface area contributed by atoms with Crippen molar-refractivity contribution in [1.29, 1.82) is 5.26 Å². The highest BCUT2D eigenvalue weighted by Crippen LogP contribution is 2.26. The molecule has 1 aliphatic carbocycles. The Hall–Kier alpha value is -2.28. The van der Waals surface area contributed by atoms with Gasteiger partial charge in [-0.3, -0.25) is 4.79 Å². The quantitative estimate of drug-likeness (QED) is 0.676. The minimum absolute atomic E-state index is 0.278. The van der Waals surface area contributed by atoms with Gasteiger partial charge in [0.1, 0.15) is 17.4 Å². The van der Waals surface area contributed by atoms with Crippen molar-refractivity contribution in [3.8, 4) is 11.8 Å². The summed E-state index contributed by atoms with van der Waals surface area (Å²) in [7, 11) is 1.59. The minimum atomic E-state index is -0.311. The molecule has 0 heterocycles. The van der Waals surface area contributed by atoms with E-state index in [-0.39, 0.29) is 11.5 Å². The number of carbonyl (C=O) groups excluding carboxylic acids is 1. The molecule has 2 rings (SSSR count). The summed E-state index contributed by atoms with van der Waals surface area (Å²) in [5.41, 5.74) is 1.94. The van der Waals surface area contributed by atoms with Crippen LogP contribution in [0.4, 0.5) is 5.69 Å². The topological polar surface area (TPSA) is 62.1 Å². The van der Waals surface area contributed by atoms with Crippen LogP contribution in [0.5, 0.6) is 5.75 Å². The molecule has 0 unspecified atom stereocenters. The average molecular weight is 270 g/mol. The highest BCUT2D eigenvalue weighted by Gasteiger charge is 2.17. The van der Waals surface area contributed by atoms with Gasteiger partial charge in [-0.2, -0.15) is 5.26 Å². The lowest BCUT2D eigenvalue weighted by Crippen LogP contribution is -2.16. The van der Waals surface area contributed by atoms with E-state index >= 15 is 0 Å². The number of rotatable bonds is 3. The van der Waals surface area contributed by atoms with Crippen LogP contribution < -0.4 is 10.1 Å². The zero-order valence-corrected chi connectivity index (χ0v) is 11.6. The first-order valence-electron chi connectivity index (χ1n) is 6.82. The fraction of sp³-hybridized carbons (Fsp3) is 0.375. The number of carbonyl (C=O) groups is 1. The van der Waals surface area contributed by atoms with Gasteiger partial charge in [0.15, 0.2) is 0 Å². The maximum absolute atomic E-state index is 12.2. The van der Waals surface area contributed by atoms with E-state index in [2.05, 4.69) is 11.4 Å². The predicted molar refractivity (Wildman–Crippen MR) is 77.3 cm³/mol. The Kier molecular flexibility index (Phi) is 4.78. The smallest absolute Gasteiger partial charge is 0.266 e. The fourth-order valence-electron chi connectivity index (χ4n) is 2.39. The van der Waals surface area contributed by atoms with Crippen molar-refractivity contribution in [2.45, 2.75) is 32.1 Å². The van der Waals surface area contributed by atoms with Crippen molar-refractivity contribution in [3.05, 3.63) is 35.4 Å². The van der Waals surface area contributed by atoms with Crippen LogP contribution in [0, 0.1) is 11.3 Å². The van der Waals surface area contributed by atoms with Gasteiger partial charge in [0.25, 0.3) is 5.91 Å². The van der Waals surface area contributed by atoms with Crippen LogP contribution in [-0.4, -0.2) is 13.0 Å². The second-order valence-corrected chi connectivity index (χ2v) is 4.83. The molecule has 1 amide bonds. The van der Waals surface area contributed by atoms with Gasteiger partial charge in [-0.25, -0.2) is 0 Å². The molecule has 1 aromatic rings. The molecule has 0 aromatic heterocycles. The summed E-state index contributed by atoms with van der Waals surface area (Å²) in [4.78, 5) is 12.2. The van der Waals surface area contributed by atoms with Crippen LogP contribution in [0.2, 0.25) is 0 Å². The summed E-state index contributed by atoms with van der Waals surface area (Å²) in [6.07, 6.45) is 5.03. The van der Waals surface area contributed by atoms with E-state index in [9.17, 15) is 10.1 Å². The Balaban J connectivity index is 2.11. The Labute approximate surface area is 119 Å². The number of nitriles is 1. The van der Waals surface area contributed by atoms with Crippen LogP contribution in [0.25, 0.3) is 0 Å². The molecule has 104 valence electrons. The van der Waals surface area contributed by atoms with Crippen LogP contribution in [0.1, 0.15) is 32.1 Å². The number of nitrogens with one attached hydrogen (secondary N) is 1. The summed E-state index contributed by atoms with van der Waals surface area (Å²) in [5, 5.41) is 12.0. The molecule has 1 aromatic carbocycles. The van der Waals surface area contributed by atoms with E-state index < -0.39 is 0 Å². The molecular weight excluding hydrogens is 252 g/mol. The Morgan fingerprint density at radius 3 is 2.40 bits per heavy atom. The second-order valence-electron chi connectivity index (χ2n) is 4.83. The van der Waals surface area contributed by atoms with Gasteiger partial charge < -0.3 is 10.1 Å². The van der Waals surface area contributed by atoms with Crippen molar-refractivity contribution >= 4 is 11.6 Å². The van der Waals surface area contributed by atoms with E-state index in [1.165, 1.54) is 6.42 Å². The maximum Gasteiger partial charge on any atom is 0.266 e. The molecule has 20 heavy (non-hydrogen) atoms. The number of amides is 1. The SMILES string of the molecule is COc1ccc(NC(=O)C(C#N)=C2CCCCC2)cc1. The van der Waals surface area contributed by atoms with Gasteiger partial charge in [0.2, 0.25) is 0 Å². The van der Waals surface area contributed by atoms with Crippen molar-refractivity contribution in [2.24, 2.45) is 0 Å². The molecule has 1 saturated carbocycles. The molecule has 0 saturated heterocycles. The van der Waals surface area contributed by atoms with E-state index in [1.54, 1.807) is 31.4 Å². The number of hydrogen-bond donors (Lipinski definition) is 1. The summed E-state index contributed by atoms with van der Waals surface area (Å²) < 4.78 is 5.06. The molecule has 1 N–H and O–H groups in total. The lowest BCUT2D eigenvalue weighted by atomic mass is 9.91. The average Bonchev–Trinajstić information content (AvgIpc) is 2.50. The molecule has 4 heteroatoms. The number of hydrogen-bond acceptors (Lipinski definition) is 3. The third-order valence-corrected chi connectivity index (χ3v) is 3.50. The molecule has 0 bridgehead atoms. The molecule has 0 aliphatic heterocycles. The van der Waals surface area contributed by atoms with Gasteiger partial charge in [0, 0.05) is 5.69 Å². The standard InChI is InChI=1S/C16H18N2O2/c1-20-14-9-7-13(8-10-14)18-16(19)15(11-17)12-5-3-2-4-6-12/h7-10H,2-6H2,1H3,(H,18,19). The monoisotopic (exact) mass is 270 g/mol. The van der Waals surface area contributed by atoms with Crippen LogP contribution in [-0.2, 0) is 4.79 Å². The number of benzene rings is 1. The first-order valence-corrected chi connectivity index (χ1v) is 6.82. The third kappa shape index (κ3) is 3.39. The fourth-order valence-corrected chi connectivity index (χ4v) is 2.39. The van der Waals surface area contributed by atoms with E-state index in [4.69, 9.17) is 4.74 Å². The molecule has 0 atom stereocenters. The van der Waals surface area contributed by atoms with E-state index in [0.29, 0.717) is 5.69 Å². The van der Waals surface area contributed by atoms with E-state index in [1.807, 2.05) is 0 Å². The number of anilines is 1. The summed E-state index contributed by atoms with van der Waals surface area (Å²) in [6, 6.07) is 9.13. The highest BCUT2D eigenvalue weighted by atomic mass is 16.5. The largest absolute Gasteiger partial charge is 0.497 e. The normalized spacial score (nSPS) is 14.3. The first kappa shape index (κ1) is 14.1. The van der Waals surface area contributed by atoms with Crippen molar-refractivity contribution < 1.29 is 9.53 Å². The lowest BCUT2D eigenvalue weighted by molar-refractivity contribution is -0.112. The van der Waals surface area contributed by atoms with Crippen LogP contribution in [0.15, 0.2) is 35.4 Å². The van der Waals surface area contributed by atoms with E-state index in [0.717, 1.165) is 37.0 Å². The molecule has 0 spiro atoms. The van der Waals surface area contributed by atoms with Crippen LogP contribution >= 0.6 is 0 Å². The summed E-state index contributed by atoms with van der Waals surface area (Å²) in [5.74, 6) is 0.420. The number of nitrogens with zero attached hydrogens (tertiary/aromatic N) is 1. The highest BCUT2D eigenvalue weighted by molar-refractivity contribution is 6.07. The minimum Gasteiger partial charge on any atom is -0.497 e. The number of allylic oxidation sites excluding steroid dienone is 1. The third-order valence-electron chi connectivity index (χ3n) is 3.50. The zero-order valence-electron chi connectivity index (χ0n) is 11.6. The van der Waals surface area contributed by atoms with Gasteiger partial charge in [-0.1, -0.05) is 6.42 Å². The summed E-state index contributed by atoms with van der Waals surface area (Å²) in [6.45, 7) is 0. The molecular formula is C16H18N2O2. The Morgan fingerprint density at radius 2 is 1.85 bits per heavy atom. The summed E-state index contributed by atoms with van der Waals surface area (Å²) >= 11 is 0. The van der Waals surface area contributed by atoms with Gasteiger partial charge in [-0.15, -0.1) is 0 Å². The molecule has 0 radical (unpaired) electrons. The second kappa shape index (κ2) is 6.76. The molecule has 1 aliphatic rings. The maximum atomic E-state index is 12.2. The first-order chi connectivity index (χ1) is 9.74. The number of ether oxygens (including phenoxy) is 1. The number of methoxy groups -OCH3 is 1. The van der Waals surface area contributed by atoms with Gasteiger partial charge in [0.05, 0.1) is 7.11 Å². The molecule has 1 fully saturated rings. The van der Waals surface area contributed by atoms with Crippen molar-refractivity contribution in [3.63, 3.8) is 0 Å². The van der Waals surface area contributed by atoms with Gasteiger partial charge in [-0.05, 0) is 55.5 Å². The van der Waals surface area contributed by atoms with Crippen molar-refractivity contribution in [2.75, 3.05) is 12.4 Å². The Bertz CT molecular complexity index is 545. The predicted octanol–water partition coefficient (Wildman–Crippen LogP) is 3.42.